The number of ether oxygens (including phenoxy) is 1. The summed E-state index contributed by atoms with van der Waals surface area (Å²) in [7, 11) is 0. The third-order valence-corrected chi connectivity index (χ3v) is 6.71. The summed E-state index contributed by atoms with van der Waals surface area (Å²) in [6.07, 6.45) is 0.559. The molecule has 8 nitrogen and oxygen atoms in total. The van der Waals surface area contributed by atoms with E-state index < -0.39 is 35.5 Å². The molecule has 2 N–H and O–H groups in total. The molecule has 3 atom stereocenters. The number of carboxylic acid groups (broad SMARTS) is 1. The molecule has 0 aliphatic rings. The summed E-state index contributed by atoms with van der Waals surface area (Å²) in [6, 6.07) is 18.1. The van der Waals surface area contributed by atoms with E-state index >= 15 is 0 Å². The van der Waals surface area contributed by atoms with Crippen LogP contribution in [0.1, 0.15) is 77.8 Å². The average Bonchev–Trinajstić information content (AvgIpc) is 2.90. The molecule has 8 heteroatoms. The van der Waals surface area contributed by atoms with E-state index in [9.17, 15) is 24.3 Å². The number of carboxylic acids is 1. The lowest BCUT2D eigenvalue weighted by Crippen LogP contribution is -2.46. The molecule has 2 aromatic carbocycles. The van der Waals surface area contributed by atoms with Gasteiger partial charge >= 0.3 is 12.1 Å². The molecule has 0 bridgehead atoms. The fourth-order valence-corrected chi connectivity index (χ4v) is 4.68. The van der Waals surface area contributed by atoms with Gasteiger partial charge in [-0.25, -0.2) is 9.59 Å². The van der Waals surface area contributed by atoms with Crippen molar-refractivity contribution in [1.29, 1.82) is 0 Å². The lowest BCUT2D eigenvalue weighted by molar-refractivity contribution is -0.143. The van der Waals surface area contributed by atoms with Crippen molar-refractivity contribution in [3.63, 3.8) is 0 Å². The smallest absolute Gasteiger partial charge is 0.410 e. The number of hydrogen-bond acceptors (Lipinski definition) is 5. The molecule has 0 aromatic heterocycles. The van der Waals surface area contributed by atoms with E-state index in [1.54, 1.807) is 20.8 Å². The van der Waals surface area contributed by atoms with Crippen LogP contribution >= 0.6 is 0 Å². The number of nitrogens with zero attached hydrogens (tertiary/aromatic N) is 1. The first-order valence-corrected chi connectivity index (χ1v) is 14.4. The Labute approximate surface area is 244 Å². The quantitative estimate of drug-likeness (QED) is 0.280. The Morgan fingerprint density at radius 3 is 2.05 bits per heavy atom. The first kappa shape index (κ1) is 33.5. The van der Waals surface area contributed by atoms with E-state index in [-0.39, 0.29) is 50.0 Å². The molecule has 2 amide bonds. The fourth-order valence-electron chi connectivity index (χ4n) is 4.68. The van der Waals surface area contributed by atoms with Crippen LogP contribution in [0.25, 0.3) is 0 Å². The van der Waals surface area contributed by atoms with Crippen molar-refractivity contribution in [2.75, 3.05) is 13.1 Å². The van der Waals surface area contributed by atoms with Gasteiger partial charge in [-0.1, -0.05) is 81.4 Å². The summed E-state index contributed by atoms with van der Waals surface area (Å²) < 4.78 is 5.64. The predicted molar refractivity (Wildman–Crippen MR) is 160 cm³/mol. The van der Waals surface area contributed by atoms with Gasteiger partial charge < -0.3 is 20.1 Å². The van der Waals surface area contributed by atoms with Crippen LogP contribution in [0.5, 0.6) is 0 Å². The molecule has 0 saturated heterocycles. The van der Waals surface area contributed by atoms with Gasteiger partial charge in [0.2, 0.25) is 5.91 Å². The highest BCUT2D eigenvalue weighted by atomic mass is 16.6. The van der Waals surface area contributed by atoms with Gasteiger partial charge in [-0.15, -0.1) is 0 Å². The highest BCUT2D eigenvalue weighted by Gasteiger charge is 2.31. The van der Waals surface area contributed by atoms with Crippen LogP contribution in [0.15, 0.2) is 60.7 Å². The van der Waals surface area contributed by atoms with Crippen LogP contribution in [0.4, 0.5) is 4.79 Å². The summed E-state index contributed by atoms with van der Waals surface area (Å²) >= 11 is 0. The van der Waals surface area contributed by atoms with Crippen molar-refractivity contribution in [3.8, 4) is 0 Å². The standard InChI is InChI=1S/C33H46N2O6/c1-7-25(26-16-12-9-13-17-26)21-35(32(40)41-33(4,5)6)22-28(36)20-27(19-24-14-10-8-11-15-24)30(37)34-29(31(38)39)18-23(2)3/h8-17,23,25,27,29H,7,18-22H2,1-6H3,(H,34,37)(H,38,39)/t25?,27-,29+/m0/s1. The minimum absolute atomic E-state index is 0.00714. The van der Waals surface area contributed by atoms with Gasteiger partial charge in [0.1, 0.15) is 11.6 Å². The summed E-state index contributed by atoms with van der Waals surface area (Å²) in [4.78, 5) is 53.3. The second kappa shape index (κ2) is 15.9. The van der Waals surface area contributed by atoms with Gasteiger partial charge in [0.15, 0.2) is 5.78 Å². The number of ketones is 1. The molecule has 41 heavy (non-hydrogen) atoms. The fraction of sp³-hybridized carbons (Fsp3) is 0.515. The van der Waals surface area contributed by atoms with Crippen molar-refractivity contribution in [1.82, 2.24) is 10.2 Å². The third-order valence-electron chi connectivity index (χ3n) is 6.71. The Bertz CT molecular complexity index is 1130. The van der Waals surface area contributed by atoms with Crippen LogP contribution in [-0.4, -0.2) is 58.5 Å². The maximum Gasteiger partial charge on any atom is 0.410 e. The van der Waals surface area contributed by atoms with Crippen LogP contribution in [0.3, 0.4) is 0 Å². The number of carbonyl (C=O) groups is 4. The highest BCUT2D eigenvalue weighted by molar-refractivity contribution is 5.91. The maximum absolute atomic E-state index is 13.5. The Balaban J connectivity index is 2.27. The molecule has 0 aliphatic carbocycles. The number of hydrogen-bond donors (Lipinski definition) is 2. The van der Waals surface area contributed by atoms with E-state index in [4.69, 9.17) is 4.74 Å². The molecule has 0 heterocycles. The zero-order valence-corrected chi connectivity index (χ0v) is 25.3. The second-order valence-electron chi connectivity index (χ2n) is 12.0. The average molecular weight is 567 g/mol. The molecular weight excluding hydrogens is 520 g/mol. The topological polar surface area (TPSA) is 113 Å². The van der Waals surface area contributed by atoms with Crippen molar-refractivity contribution in [3.05, 3.63) is 71.8 Å². The van der Waals surface area contributed by atoms with Crippen LogP contribution in [-0.2, 0) is 25.5 Å². The second-order valence-corrected chi connectivity index (χ2v) is 12.0. The molecule has 1 unspecified atom stereocenters. The Hall–Kier alpha value is -3.68. The van der Waals surface area contributed by atoms with E-state index in [0.29, 0.717) is 0 Å². The SMILES string of the molecule is CCC(CN(CC(=O)C[C@H](Cc1ccccc1)C(=O)N[C@H](CC(C)C)C(=O)O)C(=O)OC(C)(C)C)c1ccccc1. The monoisotopic (exact) mass is 566 g/mol. The zero-order valence-electron chi connectivity index (χ0n) is 25.3. The largest absolute Gasteiger partial charge is 0.480 e. The molecular formula is C33H46N2O6. The minimum Gasteiger partial charge on any atom is -0.480 e. The van der Waals surface area contributed by atoms with Crippen molar-refractivity contribution < 1.29 is 29.0 Å². The molecule has 0 saturated carbocycles. The normalized spacial score (nSPS) is 13.6. The Kier molecular flexibility index (Phi) is 13.0. The van der Waals surface area contributed by atoms with E-state index in [1.165, 1.54) is 4.90 Å². The van der Waals surface area contributed by atoms with Gasteiger partial charge in [0.05, 0.1) is 6.54 Å². The van der Waals surface area contributed by atoms with Crippen LogP contribution in [0.2, 0.25) is 0 Å². The third kappa shape index (κ3) is 12.2. The van der Waals surface area contributed by atoms with Gasteiger partial charge in [-0.05, 0) is 57.1 Å². The molecule has 224 valence electrons. The number of benzene rings is 2. The highest BCUT2D eigenvalue weighted by Crippen LogP contribution is 2.23. The lowest BCUT2D eigenvalue weighted by atomic mass is 9.92. The predicted octanol–water partition coefficient (Wildman–Crippen LogP) is 5.85. The van der Waals surface area contributed by atoms with Gasteiger partial charge in [-0.2, -0.15) is 0 Å². The number of Topliss-reactive ketones (excluding diaryl/α,β-unsaturated/α-hetero) is 1. The molecule has 0 radical (unpaired) electrons. The maximum atomic E-state index is 13.5. The van der Waals surface area contributed by atoms with Gasteiger partial charge in [-0.3, -0.25) is 9.59 Å². The van der Waals surface area contributed by atoms with E-state index in [1.807, 2.05) is 81.4 Å². The zero-order chi connectivity index (χ0) is 30.6. The lowest BCUT2D eigenvalue weighted by Gasteiger charge is -2.30. The number of aliphatic carboxylic acids is 1. The van der Waals surface area contributed by atoms with Crippen LogP contribution in [0, 0.1) is 11.8 Å². The minimum atomic E-state index is -1.11. The molecule has 0 spiro atoms. The van der Waals surface area contributed by atoms with E-state index in [2.05, 4.69) is 5.32 Å². The van der Waals surface area contributed by atoms with E-state index in [0.717, 1.165) is 17.5 Å². The Morgan fingerprint density at radius 1 is 0.951 bits per heavy atom. The number of amides is 2. The van der Waals surface area contributed by atoms with Gasteiger partial charge in [0, 0.05) is 24.8 Å². The Morgan fingerprint density at radius 2 is 1.54 bits per heavy atom. The number of carbonyl (C=O) groups excluding carboxylic acids is 3. The molecule has 2 rings (SSSR count). The first-order valence-electron chi connectivity index (χ1n) is 14.4. The summed E-state index contributed by atoms with van der Waals surface area (Å²) in [5.41, 5.74) is 1.17. The summed E-state index contributed by atoms with van der Waals surface area (Å²) in [6.45, 7) is 11.2. The van der Waals surface area contributed by atoms with Crippen LogP contribution < -0.4 is 5.32 Å². The van der Waals surface area contributed by atoms with Gasteiger partial charge in [0.25, 0.3) is 0 Å². The van der Waals surface area contributed by atoms with Crippen molar-refractivity contribution in [2.24, 2.45) is 11.8 Å². The summed E-state index contributed by atoms with van der Waals surface area (Å²) in [5, 5.41) is 12.3. The number of nitrogens with one attached hydrogen (secondary N) is 1. The van der Waals surface area contributed by atoms with Crippen molar-refractivity contribution in [2.45, 2.75) is 84.8 Å². The number of rotatable bonds is 15. The van der Waals surface area contributed by atoms with Crippen molar-refractivity contribution >= 4 is 23.8 Å². The summed E-state index contributed by atoms with van der Waals surface area (Å²) in [5.74, 6) is -2.65. The molecule has 0 aliphatic heterocycles. The molecule has 2 aromatic rings. The molecule has 0 fully saturated rings. The first-order chi connectivity index (χ1) is 19.3.